The van der Waals surface area contributed by atoms with E-state index in [1.165, 1.54) is 76.5 Å². The highest BCUT2D eigenvalue weighted by Gasteiger charge is 2.26. The van der Waals surface area contributed by atoms with Crippen LogP contribution in [-0.4, -0.2) is 0 Å². The van der Waals surface area contributed by atoms with Crippen LogP contribution in [-0.2, 0) is 0 Å². The second-order valence-electron chi connectivity index (χ2n) is 12.1. The number of para-hydroxylation sites is 2. The first-order chi connectivity index (χ1) is 22.3. The summed E-state index contributed by atoms with van der Waals surface area (Å²) in [6.45, 7) is 0. The van der Waals surface area contributed by atoms with E-state index in [0.717, 1.165) is 17.1 Å². The lowest BCUT2D eigenvalue weighted by Crippen LogP contribution is -2.09. The number of benzene rings is 9. The van der Waals surface area contributed by atoms with Crippen molar-refractivity contribution in [1.82, 2.24) is 0 Å². The molecule has 0 radical (unpaired) electrons. The molecule has 208 valence electrons. The summed E-state index contributed by atoms with van der Waals surface area (Å²) in [6, 6.07) is 60.1. The van der Waals surface area contributed by atoms with Crippen LogP contribution in [0.4, 0.5) is 17.1 Å². The van der Waals surface area contributed by atoms with Crippen LogP contribution in [0, 0.1) is 0 Å². The van der Waals surface area contributed by atoms with E-state index >= 15 is 0 Å². The van der Waals surface area contributed by atoms with Crippen molar-refractivity contribution >= 4 is 60.2 Å². The van der Waals surface area contributed by atoms with Crippen molar-refractivity contribution in [3.63, 3.8) is 0 Å². The Kier molecular flexibility index (Phi) is 5.06. The largest absolute Gasteiger partial charge is 0.310 e. The molecule has 0 amide bonds. The van der Waals surface area contributed by atoms with Crippen molar-refractivity contribution in [2.45, 2.75) is 0 Å². The molecule has 0 aromatic heterocycles. The van der Waals surface area contributed by atoms with E-state index in [1.807, 2.05) is 0 Å². The highest BCUT2D eigenvalue weighted by Crippen LogP contribution is 2.54. The zero-order valence-electron chi connectivity index (χ0n) is 24.5. The molecule has 1 heteroatoms. The molecule has 0 spiro atoms. The highest BCUT2D eigenvalue weighted by atomic mass is 15.1. The molecule has 1 aliphatic carbocycles. The van der Waals surface area contributed by atoms with E-state index in [0.29, 0.717) is 0 Å². The van der Waals surface area contributed by atoms with Crippen LogP contribution in [0.2, 0.25) is 0 Å². The van der Waals surface area contributed by atoms with Crippen LogP contribution in [0.5, 0.6) is 0 Å². The van der Waals surface area contributed by atoms with Crippen LogP contribution in [0.3, 0.4) is 0 Å². The van der Waals surface area contributed by atoms with Crippen LogP contribution in [0.15, 0.2) is 164 Å². The molecule has 0 saturated heterocycles. The summed E-state index contributed by atoms with van der Waals surface area (Å²) in [7, 11) is 0. The predicted octanol–water partition coefficient (Wildman–Crippen LogP) is 12.5. The van der Waals surface area contributed by atoms with Crippen molar-refractivity contribution in [3.8, 4) is 33.4 Å². The molecule has 0 N–H and O–H groups in total. The normalized spacial score (nSPS) is 12.0. The Balaban J connectivity index is 1.23. The standard InChI is InChI=1S/C44H27N/c1-3-12-31(13-4-1)45(32-14-5-2-6-15-32)33-21-25-37-39-24-19-29-18-23-38-36(35-17-9-11-28-10-7-8-16-34(28)35)22-20-30-26-41(40(37)27-33)44(39)43(29)42(30)38/h1-27H. The second-order valence-corrected chi connectivity index (χ2v) is 12.1. The van der Waals surface area contributed by atoms with E-state index in [-0.39, 0.29) is 0 Å². The van der Waals surface area contributed by atoms with Gasteiger partial charge in [0.1, 0.15) is 0 Å². The first-order valence-electron chi connectivity index (χ1n) is 15.6. The molecule has 0 bridgehead atoms. The molecule has 0 saturated carbocycles. The quantitative estimate of drug-likeness (QED) is 0.191. The first-order valence-corrected chi connectivity index (χ1v) is 15.6. The molecular formula is C44H27N. The predicted molar refractivity (Wildman–Crippen MR) is 192 cm³/mol. The third-order valence-corrected chi connectivity index (χ3v) is 9.71. The fraction of sp³-hybridized carbons (Fsp3) is 0. The summed E-state index contributed by atoms with van der Waals surface area (Å²) >= 11 is 0. The van der Waals surface area contributed by atoms with Crippen molar-refractivity contribution in [2.24, 2.45) is 0 Å². The van der Waals surface area contributed by atoms with Gasteiger partial charge in [0.2, 0.25) is 0 Å². The van der Waals surface area contributed by atoms with Crippen LogP contribution in [0.25, 0.3) is 76.5 Å². The monoisotopic (exact) mass is 569 g/mol. The van der Waals surface area contributed by atoms with E-state index in [1.54, 1.807) is 0 Å². The molecule has 45 heavy (non-hydrogen) atoms. The number of nitrogens with zero attached hydrogens (tertiary/aromatic N) is 1. The lowest BCUT2D eigenvalue weighted by atomic mass is 9.86. The van der Waals surface area contributed by atoms with Crippen LogP contribution >= 0.6 is 0 Å². The van der Waals surface area contributed by atoms with Gasteiger partial charge in [0.15, 0.2) is 0 Å². The maximum Gasteiger partial charge on any atom is 0.0468 e. The van der Waals surface area contributed by atoms with Crippen LogP contribution < -0.4 is 4.90 Å². The van der Waals surface area contributed by atoms with Gasteiger partial charge in [0, 0.05) is 17.1 Å². The highest BCUT2D eigenvalue weighted by molar-refractivity contribution is 6.33. The lowest BCUT2D eigenvalue weighted by molar-refractivity contribution is 1.28. The Morgan fingerprint density at radius 1 is 0.267 bits per heavy atom. The number of fused-ring (bicyclic) bond motifs is 4. The van der Waals surface area contributed by atoms with Crippen molar-refractivity contribution in [1.29, 1.82) is 0 Å². The summed E-state index contributed by atoms with van der Waals surface area (Å²) < 4.78 is 0. The Morgan fingerprint density at radius 2 is 0.911 bits per heavy atom. The summed E-state index contributed by atoms with van der Waals surface area (Å²) in [5, 5.41) is 10.6. The third-order valence-electron chi connectivity index (χ3n) is 9.71. The molecule has 10 rings (SSSR count). The van der Waals surface area contributed by atoms with Gasteiger partial charge in [-0.3, -0.25) is 0 Å². The van der Waals surface area contributed by atoms with Gasteiger partial charge in [-0.05, 0) is 119 Å². The van der Waals surface area contributed by atoms with Gasteiger partial charge in [-0.15, -0.1) is 0 Å². The number of anilines is 3. The average Bonchev–Trinajstić information content (AvgIpc) is 3.42. The molecule has 1 nitrogen and oxygen atoms in total. The Bertz CT molecular complexity index is 2540. The second kappa shape index (κ2) is 9.29. The smallest absolute Gasteiger partial charge is 0.0468 e. The molecule has 1 aliphatic rings. The molecule has 0 unspecified atom stereocenters. The first kappa shape index (κ1) is 24.5. The molecular weight excluding hydrogens is 542 g/mol. The van der Waals surface area contributed by atoms with E-state index in [4.69, 9.17) is 0 Å². The summed E-state index contributed by atoms with van der Waals surface area (Å²) in [4.78, 5) is 2.35. The minimum Gasteiger partial charge on any atom is -0.310 e. The average molecular weight is 570 g/mol. The number of hydrogen-bond acceptors (Lipinski definition) is 1. The molecule has 0 heterocycles. The maximum absolute atomic E-state index is 2.44. The van der Waals surface area contributed by atoms with E-state index < -0.39 is 0 Å². The van der Waals surface area contributed by atoms with Crippen LogP contribution in [0.1, 0.15) is 0 Å². The maximum atomic E-state index is 2.44. The Morgan fingerprint density at radius 3 is 1.73 bits per heavy atom. The van der Waals surface area contributed by atoms with Gasteiger partial charge in [-0.2, -0.15) is 0 Å². The van der Waals surface area contributed by atoms with Crippen molar-refractivity contribution in [2.75, 3.05) is 4.90 Å². The Hall–Kier alpha value is -5.92. The zero-order valence-corrected chi connectivity index (χ0v) is 24.5. The molecule has 0 atom stereocenters. The molecule has 9 aromatic carbocycles. The van der Waals surface area contributed by atoms with E-state index in [2.05, 4.69) is 169 Å². The lowest BCUT2D eigenvalue weighted by Gasteiger charge is -2.26. The fourth-order valence-electron chi connectivity index (χ4n) is 7.78. The topological polar surface area (TPSA) is 3.24 Å². The van der Waals surface area contributed by atoms with Gasteiger partial charge in [-0.25, -0.2) is 0 Å². The minimum atomic E-state index is 1.15. The van der Waals surface area contributed by atoms with Gasteiger partial charge in [0.05, 0.1) is 0 Å². The summed E-state index contributed by atoms with van der Waals surface area (Å²) in [5.41, 5.74) is 11.3. The number of hydrogen-bond donors (Lipinski definition) is 0. The zero-order chi connectivity index (χ0) is 29.5. The van der Waals surface area contributed by atoms with Gasteiger partial charge >= 0.3 is 0 Å². The molecule has 0 fully saturated rings. The van der Waals surface area contributed by atoms with Gasteiger partial charge < -0.3 is 4.90 Å². The Labute approximate surface area is 261 Å². The molecule has 9 aromatic rings. The fourth-order valence-corrected chi connectivity index (χ4v) is 7.78. The van der Waals surface area contributed by atoms with Gasteiger partial charge in [0.25, 0.3) is 0 Å². The summed E-state index contributed by atoms with van der Waals surface area (Å²) in [6.07, 6.45) is 0. The third kappa shape index (κ3) is 3.50. The summed E-state index contributed by atoms with van der Waals surface area (Å²) in [5.74, 6) is 0. The van der Waals surface area contributed by atoms with Crippen molar-refractivity contribution < 1.29 is 0 Å². The van der Waals surface area contributed by atoms with Crippen molar-refractivity contribution in [3.05, 3.63) is 164 Å². The SMILES string of the molecule is c1ccc(N(c2ccccc2)c2ccc3c(c2)-c2cc4ccc(-c5cccc6ccccc56)c5ccc6ccc-3c2c6c45)cc1. The number of rotatable bonds is 4. The molecule has 0 aliphatic heterocycles. The van der Waals surface area contributed by atoms with Gasteiger partial charge in [-0.1, -0.05) is 121 Å². The minimum absolute atomic E-state index is 1.15. The van der Waals surface area contributed by atoms with E-state index in [9.17, 15) is 0 Å².